The normalized spacial score (nSPS) is 16.0. The van der Waals surface area contributed by atoms with Gasteiger partial charge in [0.05, 0.1) is 11.5 Å². The first-order valence-corrected chi connectivity index (χ1v) is 7.50. The van der Waals surface area contributed by atoms with Crippen LogP contribution in [0.4, 0.5) is 18.9 Å². The molecule has 23 heavy (non-hydrogen) atoms. The van der Waals surface area contributed by atoms with E-state index in [4.69, 9.17) is 4.74 Å². The third-order valence-electron chi connectivity index (χ3n) is 3.76. The molecule has 0 radical (unpaired) electrons. The quantitative estimate of drug-likeness (QED) is 0.856. The van der Waals surface area contributed by atoms with Crippen molar-refractivity contribution in [2.75, 3.05) is 11.9 Å². The molecule has 1 saturated carbocycles. The van der Waals surface area contributed by atoms with Crippen LogP contribution in [0.25, 0.3) is 0 Å². The number of halogens is 3. The van der Waals surface area contributed by atoms with E-state index < -0.39 is 30.2 Å². The molecule has 0 aromatic heterocycles. The fourth-order valence-electron chi connectivity index (χ4n) is 2.56. The van der Waals surface area contributed by atoms with Gasteiger partial charge >= 0.3 is 12.1 Å². The van der Waals surface area contributed by atoms with Crippen molar-refractivity contribution < 1.29 is 27.5 Å². The van der Waals surface area contributed by atoms with Gasteiger partial charge in [-0.1, -0.05) is 25.3 Å². The molecule has 1 N–H and O–H groups in total. The van der Waals surface area contributed by atoms with Gasteiger partial charge in [-0.15, -0.1) is 0 Å². The van der Waals surface area contributed by atoms with Crippen LogP contribution in [0, 0.1) is 5.92 Å². The number of esters is 1. The molecule has 1 aromatic rings. The number of alkyl halides is 3. The number of ether oxygens (including phenoxy) is 1. The lowest BCUT2D eigenvalue weighted by Gasteiger charge is -2.19. The van der Waals surface area contributed by atoms with Crippen LogP contribution in [-0.4, -0.2) is 18.5 Å². The number of carbonyl (C=O) groups excluding carboxylic acids is 2. The molecule has 0 unspecified atom stereocenters. The number of carbonyl (C=O) groups is 2. The summed E-state index contributed by atoms with van der Waals surface area (Å²) in [5.74, 6) is -1.25. The summed E-state index contributed by atoms with van der Waals surface area (Å²) in [6, 6.07) is 4.29. The minimum Gasteiger partial charge on any atom is -0.455 e. The summed E-state index contributed by atoms with van der Waals surface area (Å²) < 4.78 is 42.7. The molecule has 0 bridgehead atoms. The number of rotatable bonds is 4. The monoisotopic (exact) mass is 329 g/mol. The van der Waals surface area contributed by atoms with E-state index in [-0.39, 0.29) is 11.6 Å². The second-order valence-corrected chi connectivity index (χ2v) is 5.57. The number of nitrogens with one attached hydrogen (secondary N) is 1. The molecule has 7 heteroatoms. The zero-order chi connectivity index (χ0) is 16.9. The third-order valence-corrected chi connectivity index (χ3v) is 3.76. The first kappa shape index (κ1) is 17.3. The standard InChI is InChI=1S/C16H18F3NO3/c17-16(18,19)12-7-4-8-13(9-12)20-14(21)10-23-15(22)11-5-2-1-3-6-11/h4,7-9,11H,1-3,5-6,10H2,(H,20,21). The van der Waals surface area contributed by atoms with Gasteiger partial charge in [0.1, 0.15) is 0 Å². The SMILES string of the molecule is O=C(COC(=O)C1CCCCC1)Nc1cccc(C(F)(F)F)c1. The van der Waals surface area contributed by atoms with Crippen LogP contribution in [0.15, 0.2) is 24.3 Å². The highest BCUT2D eigenvalue weighted by molar-refractivity contribution is 5.93. The Hall–Kier alpha value is -2.05. The topological polar surface area (TPSA) is 55.4 Å². The van der Waals surface area contributed by atoms with Crippen molar-refractivity contribution in [2.24, 2.45) is 5.92 Å². The highest BCUT2D eigenvalue weighted by Gasteiger charge is 2.30. The second kappa shape index (κ2) is 7.48. The highest BCUT2D eigenvalue weighted by atomic mass is 19.4. The van der Waals surface area contributed by atoms with Crippen LogP contribution in [-0.2, 0) is 20.5 Å². The summed E-state index contributed by atoms with van der Waals surface area (Å²) in [7, 11) is 0. The maximum Gasteiger partial charge on any atom is 0.416 e. The van der Waals surface area contributed by atoms with E-state index in [2.05, 4.69) is 5.32 Å². The molecule has 0 heterocycles. The van der Waals surface area contributed by atoms with Gasteiger partial charge in [-0.05, 0) is 31.0 Å². The van der Waals surface area contributed by atoms with Crippen molar-refractivity contribution in [1.29, 1.82) is 0 Å². The minimum atomic E-state index is -4.48. The van der Waals surface area contributed by atoms with Crippen LogP contribution in [0.2, 0.25) is 0 Å². The average molecular weight is 329 g/mol. The minimum absolute atomic E-state index is 0.0125. The molecule has 4 nitrogen and oxygen atoms in total. The summed E-state index contributed by atoms with van der Waals surface area (Å²) in [6.07, 6.45) is 0.0720. The van der Waals surface area contributed by atoms with Crippen LogP contribution in [0.5, 0.6) is 0 Å². The van der Waals surface area contributed by atoms with E-state index in [1.807, 2.05) is 0 Å². The van der Waals surface area contributed by atoms with Crippen molar-refractivity contribution in [3.05, 3.63) is 29.8 Å². The molecule has 1 aliphatic rings. The van der Waals surface area contributed by atoms with Crippen LogP contribution >= 0.6 is 0 Å². The fourth-order valence-corrected chi connectivity index (χ4v) is 2.56. The zero-order valence-corrected chi connectivity index (χ0v) is 12.5. The van der Waals surface area contributed by atoms with Gasteiger partial charge in [0.25, 0.3) is 5.91 Å². The van der Waals surface area contributed by atoms with E-state index in [0.29, 0.717) is 0 Å². The Kier molecular flexibility index (Phi) is 5.63. The summed E-state index contributed by atoms with van der Waals surface area (Å²) in [4.78, 5) is 23.5. The van der Waals surface area contributed by atoms with Gasteiger partial charge < -0.3 is 10.1 Å². The van der Waals surface area contributed by atoms with Crippen molar-refractivity contribution in [3.63, 3.8) is 0 Å². The van der Waals surface area contributed by atoms with Gasteiger partial charge in [0.2, 0.25) is 0 Å². The molecule has 126 valence electrons. The lowest BCUT2D eigenvalue weighted by Crippen LogP contribution is -2.26. The van der Waals surface area contributed by atoms with Gasteiger partial charge in [0.15, 0.2) is 6.61 Å². The van der Waals surface area contributed by atoms with Crippen LogP contribution < -0.4 is 5.32 Å². The summed E-state index contributed by atoms with van der Waals surface area (Å²) in [6.45, 7) is -0.494. The summed E-state index contributed by atoms with van der Waals surface area (Å²) in [5, 5.41) is 2.30. The van der Waals surface area contributed by atoms with E-state index >= 15 is 0 Å². The molecule has 1 aromatic carbocycles. The summed E-state index contributed by atoms with van der Waals surface area (Å²) in [5.41, 5.74) is -0.840. The Balaban J connectivity index is 1.84. The molecule has 0 atom stereocenters. The van der Waals surface area contributed by atoms with Crippen LogP contribution in [0.3, 0.4) is 0 Å². The lowest BCUT2D eigenvalue weighted by atomic mass is 9.89. The van der Waals surface area contributed by atoms with Crippen molar-refractivity contribution in [3.8, 4) is 0 Å². The molecule has 0 aliphatic heterocycles. The molecule has 2 rings (SSSR count). The number of hydrogen-bond donors (Lipinski definition) is 1. The number of anilines is 1. The molecular weight excluding hydrogens is 311 g/mol. The smallest absolute Gasteiger partial charge is 0.416 e. The number of amides is 1. The maximum atomic E-state index is 12.6. The van der Waals surface area contributed by atoms with E-state index in [1.54, 1.807) is 0 Å². The van der Waals surface area contributed by atoms with Gasteiger partial charge in [-0.2, -0.15) is 13.2 Å². The van der Waals surface area contributed by atoms with Gasteiger partial charge in [-0.3, -0.25) is 9.59 Å². The first-order chi connectivity index (χ1) is 10.9. The van der Waals surface area contributed by atoms with Crippen molar-refractivity contribution in [1.82, 2.24) is 0 Å². The van der Waals surface area contributed by atoms with E-state index in [1.165, 1.54) is 12.1 Å². The Bertz CT molecular complexity index is 566. The zero-order valence-electron chi connectivity index (χ0n) is 12.5. The molecule has 1 amide bonds. The predicted octanol–water partition coefficient (Wildman–Crippen LogP) is 3.77. The Labute approximate surface area is 132 Å². The van der Waals surface area contributed by atoms with Crippen molar-refractivity contribution >= 4 is 17.6 Å². The molecular formula is C16H18F3NO3. The first-order valence-electron chi connectivity index (χ1n) is 7.50. The second-order valence-electron chi connectivity index (χ2n) is 5.57. The lowest BCUT2D eigenvalue weighted by molar-refractivity contribution is -0.152. The largest absolute Gasteiger partial charge is 0.455 e. The third kappa shape index (κ3) is 5.26. The molecule has 0 saturated heterocycles. The van der Waals surface area contributed by atoms with E-state index in [0.717, 1.165) is 44.2 Å². The fraction of sp³-hybridized carbons (Fsp3) is 0.500. The number of benzene rings is 1. The average Bonchev–Trinajstić information content (AvgIpc) is 2.53. The van der Waals surface area contributed by atoms with Crippen molar-refractivity contribution in [2.45, 2.75) is 38.3 Å². The van der Waals surface area contributed by atoms with Gasteiger partial charge in [0, 0.05) is 5.69 Å². The Morgan fingerprint density at radius 3 is 2.52 bits per heavy atom. The number of hydrogen-bond acceptors (Lipinski definition) is 3. The Morgan fingerprint density at radius 2 is 1.87 bits per heavy atom. The molecule has 1 aliphatic carbocycles. The highest BCUT2D eigenvalue weighted by Crippen LogP contribution is 2.30. The predicted molar refractivity (Wildman–Crippen MR) is 77.6 cm³/mol. The molecule has 1 fully saturated rings. The summed E-state index contributed by atoms with van der Waals surface area (Å²) >= 11 is 0. The molecule has 0 spiro atoms. The van der Waals surface area contributed by atoms with Gasteiger partial charge in [-0.25, -0.2) is 0 Å². The van der Waals surface area contributed by atoms with Crippen LogP contribution in [0.1, 0.15) is 37.7 Å². The van der Waals surface area contributed by atoms with E-state index in [9.17, 15) is 22.8 Å². The Morgan fingerprint density at radius 1 is 1.17 bits per heavy atom. The maximum absolute atomic E-state index is 12.6.